The van der Waals surface area contributed by atoms with Gasteiger partial charge in [0.15, 0.2) is 0 Å². The van der Waals surface area contributed by atoms with E-state index in [1.54, 1.807) is 29.4 Å². The number of rotatable bonds is 10. The number of benzene rings is 2. The molecule has 2 atom stereocenters. The zero-order chi connectivity index (χ0) is 27.4. The van der Waals surface area contributed by atoms with Crippen LogP contribution in [0.2, 0.25) is 5.02 Å². The topological polar surface area (TPSA) is 85.4 Å². The number of ether oxygens (including phenoxy) is 3. The molecule has 2 aliphatic rings. The molecule has 1 aromatic heterocycles. The van der Waals surface area contributed by atoms with Crippen LogP contribution in [0.25, 0.3) is 0 Å². The molecule has 8 nitrogen and oxygen atoms in total. The summed E-state index contributed by atoms with van der Waals surface area (Å²) < 4.78 is 45.8. The predicted octanol–water partition coefficient (Wildman–Crippen LogP) is 4.78. The summed E-state index contributed by atoms with van der Waals surface area (Å²) in [5, 5.41) is 2.46. The first-order chi connectivity index (χ1) is 18.8. The number of methoxy groups -OCH3 is 1. The first-order valence-corrected chi connectivity index (χ1v) is 15.5. The van der Waals surface area contributed by atoms with E-state index < -0.39 is 10.0 Å². The van der Waals surface area contributed by atoms with Crippen LogP contribution in [0.3, 0.4) is 0 Å². The number of halogens is 1. The van der Waals surface area contributed by atoms with Crippen molar-refractivity contribution in [2.45, 2.75) is 36.3 Å². The van der Waals surface area contributed by atoms with Crippen molar-refractivity contribution < 1.29 is 27.4 Å². The Morgan fingerprint density at radius 1 is 1.18 bits per heavy atom. The van der Waals surface area contributed by atoms with E-state index >= 15 is 0 Å². The molecule has 11 heteroatoms. The summed E-state index contributed by atoms with van der Waals surface area (Å²) in [6.07, 6.45) is 2.07. The van der Waals surface area contributed by atoms with Crippen LogP contribution in [0.4, 0.5) is 0 Å². The lowest BCUT2D eigenvalue weighted by Gasteiger charge is -2.37. The fourth-order valence-electron chi connectivity index (χ4n) is 5.00. The Morgan fingerprint density at radius 3 is 2.72 bits per heavy atom. The second-order valence-electron chi connectivity index (χ2n) is 9.53. The number of hydrogen-bond donors (Lipinski definition) is 0. The number of fused-ring (bicyclic) bond motifs is 1. The summed E-state index contributed by atoms with van der Waals surface area (Å²) in [5.41, 5.74) is 1.04. The fourth-order valence-corrected chi connectivity index (χ4v) is 7.48. The number of carbonyl (C=O) groups excluding carboxylic acids is 1. The zero-order valence-corrected chi connectivity index (χ0v) is 24.0. The molecule has 5 rings (SSSR count). The maximum absolute atomic E-state index is 13.9. The van der Waals surface area contributed by atoms with E-state index in [2.05, 4.69) is 0 Å². The summed E-state index contributed by atoms with van der Waals surface area (Å²) in [5.74, 6) is 1.04. The first kappa shape index (κ1) is 27.9. The van der Waals surface area contributed by atoms with Gasteiger partial charge < -0.3 is 19.1 Å². The van der Waals surface area contributed by atoms with Gasteiger partial charge in [-0.3, -0.25) is 4.79 Å². The number of carbonyl (C=O) groups is 1. The smallest absolute Gasteiger partial charge is 0.243 e. The van der Waals surface area contributed by atoms with Gasteiger partial charge in [0.25, 0.3) is 0 Å². The van der Waals surface area contributed by atoms with E-state index in [1.807, 2.05) is 29.6 Å². The quantitative estimate of drug-likeness (QED) is 0.338. The Bertz CT molecular complexity index is 1390. The molecule has 0 bridgehead atoms. The first-order valence-electron chi connectivity index (χ1n) is 12.8. The second kappa shape index (κ2) is 12.3. The van der Waals surface area contributed by atoms with Crippen molar-refractivity contribution in [3.8, 4) is 11.5 Å². The Labute approximate surface area is 238 Å². The van der Waals surface area contributed by atoms with E-state index in [-0.39, 0.29) is 42.6 Å². The number of nitrogens with zero attached hydrogens (tertiary/aromatic N) is 2. The highest BCUT2D eigenvalue weighted by Gasteiger charge is 2.36. The minimum Gasteiger partial charge on any atom is -0.497 e. The molecule has 2 aliphatic heterocycles. The van der Waals surface area contributed by atoms with E-state index in [0.717, 1.165) is 18.4 Å². The molecule has 3 aromatic rings. The predicted molar refractivity (Wildman–Crippen MR) is 150 cm³/mol. The van der Waals surface area contributed by atoms with Gasteiger partial charge in [0.05, 0.1) is 30.7 Å². The lowest BCUT2D eigenvalue weighted by atomic mass is 10.0. The molecule has 0 aliphatic carbocycles. The van der Waals surface area contributed by atoms with Gasteiger partial charge in [0, 0.05) is 35.7 Å². The zero-order valence-electron chi connectivity index (χ0n) is 21.6. The van der Waals surface area contributed by atoms with Crippen LogP contribution < -0.4 is 9.47 Å². The van der Waals surface area contributed by atoms with Gasteiger partial charge >= 0.3 is 0 Å². The normalized spacial score (nSPS) is 19.2. The number of amides is 1. The Morgan fingerprint density at radius 2 is 1.97 bits per heavy atom. The summed E-state index contributed by atoms with van der Waals surface area (Å²) in [6.45, 7) is 1.12. The summed E-state index contributed by atoms with van der Waals surface area (Å²) >= 11 is 7.66. The van der Waals surface area contributed by atoms with Gasteiger partial charge in [0.1, 0.15) is 18.1 Å². The highest BCUT2D eigenvalue weighted by Crippen LogP contribution is 2.34. The Kier molecular flexibility index (Phi) is 8.78. The van der Waals surface area contributed by atoms with E-state index in [1.165, 1.54) is 33.4 Å². The Balaban J connectivity index is 1.38. The maximum atomic E-state index is 13.9. The van der Waals surface area contributed by atoms with Crippen LogP contribution in [0.15, 0.2) is 64.9 Å². The molecule has 39 heavy (non-hydrogen) atoms. The molecule has 208 valence electrons. The molecular formula is C28H31ClN2O6S2. The summed E-state index contributed by atoms with van der Waals surface area (Å²) in [4.78, 5) is 16.9. The lowest BCUT2D eigenvalue weighted by Crippen LogP contribution is -2.49. The van der Waals surface area contributed by atoms with Crippen molar-refractivity contribution in [3.05, 3.63) is 75.4 Å². The maximum Gasteiger partial charge on any atom is 0.243 e. The molecule has 0 saturated carbocycles. The molecule has 1 fully saturated rings. The minimum atomic E-state index is -3.97. The highest BCUT2D eigenvalue weighted by molar-refractivity contribution is 7.89. The molecule has 0 N–H and O–H groups in total. The SMILES string of the molecule is COc1cccc(OC[C@@H]2c3ccsc3CCN2C(=O)CN(C[C@H]2CCCO2)S(=O)(=O)c2ccc(Cl)cc2)c1. The Hall–Kier alpha value is -2.63. The van der Waals surface area contributed by atoms with Gasteiger partial charge in [-0.1, -0.05) is 17.7 Å². The number of hydrogen-bond acceptors (Lipinski definition) is 7. The third-order valence-corrected chi connectivity index (χ3v) is 10.1. The van der Waals surface area contributed by atoms with Crippen LogP contribution in [0.5, 0.6) is 11.5 Å². The van der Waals surface area contributed by atoms with Crippen molar-refractivity contribution in [1.29, 1.82) is 0 Å². The molecular weight excluding hydrogens is 560 g/mol. The number of thiophene rings is 1. The molecule has 2 aromatic carbocycles. The van der Waals surface area contributed by atoms with Gasteiger partial charge in [0.2, 0.25) is 15.9 Å². The number of sulfonamides is 1. The van der Waals surface area contributed by atoms with Crippen molar-refractivity contribution in [2.24, 2.45) is 0 Å². The monoisotopic (exact) mass is 590 g/mol. The van der Waals surface area contributed by atoms with Crippen molar-refractivity contribution in [3.63, 3.8) is 0 Å². The average Bonchev–Trinajstić information content (AvgIpc) is 3.64. The third kappa shape index (κ3) is 6.41. The van der Waals surface area contributed by atoms with Gasteiger partial charge in [-0.15, -0.1) is 11.3 Å². The van der Waals surface area contributed by atoms with Crippen molar-refractivity contribution in [2.75, 3.05) is 40.0 Å². The largest absolute Gasteiger partial charge is 0.497 e. The minimum absolute atomic E-state index is 0.0920. The second-order valence-corrected chi connectivity index (χ2v) is 12.9. The van der Waals surface area contributed by atoms with Crippen LogP contribution in [0.1, 0.15) is 29.3 Å². The van der Waals surface area contributed by atoms with Crippen LogP contribution in [-0.4, -0.2) is 69.6 Å². The average molecular weight is 591 g/mol. The fraction of sp³-hybridized carbons (Fsp3) is 0.393. The van der Waals surface area contributed by atoms with E-state index in [9.17, 15) is 13.2 Å². The molecule has 1 amide bonds. The lowest BCUT2D eigenvalue weighted by molar-refractivity contribution is -0.135. The molecule has 0 radical (unpaired) electrons. The van der Waals surface area contributed by atoms with Gasteiger partial charge in [-0.2, -0.15) is 4.31 Å². The highest BCUT2D eigenvalue weighted by atomic mass is 35.5. The molecule has 0 unspecified atom stereocenters. The molecule has 0 spiro atoms. The van der Waals surface area contributed by atoms with Crippen LogP contribution in [-0.2, 0) is 26.0 Å². The van der Waals surface area contributed by atoms with E-state index in [4.69, 9.17) is 25.8 Å². The van der Waals surface area contributed by atoms with Gasteiger partial charge in [-0.05, 0) is 72.7 Å². The van der Waals surface area contributed by atoms with Crippen LogP contribution in [0, 0.1) is 0 Å². The molecule has 3 heterocycles. The van der Waals surface area contributed by atoms with Crippen LogP contribution >= 0.6 is 22.9 Å². The summed E-state index contributed by atoms with van der Waals surface area (Å²) in [6, 6.07) is 15.0. The standard InChI is InChI=1S/C28H31ClN2O6S2/c1-35-21-4-2-5-22(16-21)37-19-26-25-12-15-38-27(25)11-13-31(26)28(32)18-30(17-23-6-3-14-36-23)39(33,34)24-9-7-20(29)8-10-24/h2,4-5,7-10,12,15-16,23,26H,3,6,11,13-14,17-19H2,1H3/t23-,26-/m1/s1. The van der Waals surface area contributed by atoms with E-state index in [0.29, 0.717) is 36.1 Å². The van der Waals surface area contributed by atoms with Crippen molar-refractivity contribution >= 4 is 38.9 Å². The summed E-state index contributed by atoms with van der Waals surface area (Å²) in [7, 11) is -2.37. The molecule has 1 saturated heterocycles. The van der Waals surface area contributed by atoms with Crippen molar-refractivity contribution in [1.82, 2.24) is 9.21 Å². The van der Waals surface area contributed by atoms with Gasteiger partial charge in [-0.25, -0.2) is 8.42 Å². The third-order valence-electron chi connectivity index (χ3n) is 7.06.